The van der Waals surface area contributed by atoms with Crippen molar-refractivity contribution in [1.29, 1.82) is 0 Å². The van der Waals surface area contributed by atoms with Gasteiger partial charge in [0.2, 0.25) is 11.8 Å². The van der Waals surface area contributed by atoms with Gasteiger partial charge in [-0.3, -0.25) is 19.2 Å². The monoisotopic (exact) mass is 446 g/mol. The van der Waals surface area contributed by atoms with Gasteiger partial charge in [0, 0.05) is 10.7 Å². The fourth-order valence-corrected chi connectivity index (χ4v) is 5.81. The number of fused-ring (bicyclic) bond motifs is 1. The third-order valence-electron chi connectivity index (χ3n) is 5.91. The van der Waals surface area contributed by atoms with Gasteiger partial charge >= 0.3 is 0 Å². The van der Waals surface area contributed by atoms with Crippen molar-refractivity contribution in [3.8, 4) is 0 Å². The molecule has 1 heterocycles. The molecule has 2 aromatic rings. The molecule has 0 spiro atoms. The molecule has 1 N–H and O–H groups in total. The van der Waals surface area contributed by atoms with Crippen LogP contribution < -0.4 is 4.72 Å². The van der Waals surface area contributed by atoms with Gasteiger partial charge in [-0.1, -0.05) is 36.6 Å². The van der Waals surface area contributed by atoms with Gasteiger partial charge in [0.1, 0.15) is 0 Å². The Labute approximate surface area is 181 Å². The van der Waals surface area contributed by atoms with Crippen molar-refractivity contribution in [3.63, 3.8) is 0 Å². The summed E-state index contributed by atoms with van der Waals surface area (Å²) in [5.41, 5.74) is 1.59. The molecule has 4 rings (SSSR count). The fourth-order valence-electron chi connectivity index (χ4n) is 4.33. The molecule has 2 aromatic carbocycles. The minimum atomic E-state index is -3.84. The Bertz CT molecular complexity index is 1070. The van der Waals surface area contributed by atoms with E-state index in [0.29, 0.717) is 21.8 Å². The van der Waals surface area contributed by atoms with Gasteiger partial charge in [-0.2, -0.15) is 0 Å². The van der Waals surface area contributed by atoms with Crippen molar-refractivity contribution in [1.82, 2.24) is 4.90 Å². The van der Waals surface area contributed by atoms with Crippen LogP contribution in [-0.2, 0) is 26.2 Å². The number of amides is 2. The van der Waals surface area contributed by atoms with Gasteiger partial charge in [0.05, 0.1) is 23.3 Å². The molecule has 1 saturated heterocycles. The van der Waals surface area contributed by atoms with Crippen LogP contribution in [0.5, 0.6) is 0 Å². The summed E-state index contributed by atoms with van der Waals surface area (Å²) in [6, 6.07) is 11.4. The smallest absolute Gasteiger partial charge is 0.262 e. The summed E-state index contributed by atoms with van der Waals surface area (Å²) in [7, 11) is -3.84. The third kappa shape index (κ3) is 3.96. The zero-order chi connectivity index (χ0) is 21.5. The molecule has 0 radical (unpaired) electrons. The molecule has 2 fully saturated rings. The Morgan fingerprint density at radius 1 is 1.00 bits per heavy atom. The number of hydrogen-bond donors (Lipinski definition) is 1. The first kappa shape index (κ1) is 20.9. The topological polar surface area (TPSA) is 83.6 Å². The van der Waals surface area contributed by atoms with Crippen LogP contribution in [0.2, 0.25) is 5.02 Å². The summed E-state index contributed by atoms with van der Waals surface area (Å²) in [6.07, 6.45) is 3.45. The molecule has 30 heavy (non-hydrogen) atoms. The molecule has 1 saturated carbocycles. The second-order valence-corrected chi connectivity index (χ2v) is 10.1. The summed E-state index contributed by atoms with van der Waals surface area (Å²) in [5.74, 6) is -0.694. The Kier molecular flexibility index (Phi) is 5.59. The summed E-state index contributed by atoms with van der Waals surface area (Å²) in [4.78, 5) is 26.9. The number of halogens is 1. The van der Waals surface area contributed by atoms with E-state index in [1.165, 1.54) is 11.0 Å². The second kappa shape index (κ2) is 8.04. The van der Waals surface area contributed by atoms with E-state index < -0.39 is 10.0 Å². The number of benzene rings is 2. The molecule has 6 nitrogen and oxygen atoms in total. The summed E-state index contributed by atoms with van der Waals surface area (Å²) >= 11 is 5.86. The molecule has 2 atom stereocenters. The number of rotatable bonds is 5. The molecule has 1 aliphatic carbocycles. The number of likely N-dealkylation sites (tertiary alicyclic amines) is 1. The maximum Gasteiger partial charge on any atom is 0.262 e. The number of carbonyl (C=O) groups excluding carboxylic acids is 2. The highest BCUT2D eigenvalue weighted by molar-refractivity contribution is 7.92. The van der Waals surface area contributed by atoms with Crippen molar-refractivity contribution in [2.45, 2.75) is 44.0 Å². The number of sulfonamides is 1. The van der Waals surface area contributed by atoms with Crippen LogP contribution in [0.4, 0.5) is 5.69 Å². The van der Waals surface area contributed by atoms with E-state index in [9.17, 15) is 18.0 Å². The van der Waals surface area contributed by atoms with Crippen LogP contribution in [-0.4, -0.2) is 25.1 Å². The summed E-state index contributed by atoms with van der Waals surface area (Å²) in [5, 5.41) is 0.511. The van der Waals surface area contributed by atoms with E-state index >= 15 is 0 Å². The van der Waals surface area contributed by atoms with Crippen LogP contribution in [0.25, 0.3) is 0 Å². The van der Waals surface area contributed by atoms with Gasteiger partial charge in [0.15, 0.2) is 0 Å². The van der Waals surface area contributed by atoms with Crippen molar-refractivity contribution in [2.75, 3.05) is 4.72 Å². The van der Waals surface area contributed by atoms with Gasteiger partial charge < -0.3 is 0 Å². The first-order valence-electron chi connectivity index (χ1n) is 9.99. The number of aryl methyl sites for hydroxylation is 1. The largest absolute Gasteiger partial charge is 0.280 e. The number of hydrogen-bond acceptors (Lipinski definition) is 4. The molecule has 2 unspecified atom stereocenters. The van der Waals surface area contributed by atoms with Gasteiger partial charge in [-0.25, -0.2) is 8.42 Å². The molecule has 0 bridgehead atoms. The average molecular weight is 447 g/mol. The number of nitrogens with one attached hydrogen (secondary N) is 1. The Balaban J connectivity index is 1.58. The van der Waals surface area contributed by atoms with Crippen molar-refractivity contribution in [2.24, 2.45) is 11.8 Å². The van der Waals surface area contributed by atoms with Crippen molar-refractivity contribution < 1.29 is 18.0 Å². The zero-order valence-corrected chi connectivity index (χ0v) is 18.2. The number of carbonyl (C=O) groups is 2. The standard InChI is InChI=1S/C22H23ClN2O4S/c1-14-6-7-15(13-25-21(26)18-4-2-3-5-19(18)22(25)27)12-20(14)30(28,29)24-17-10-8-16(23)9-11-17/h6-12,18-19,24H,2-5,13H2,1H3. The molecule has 8 heteroatoms. The number of nitrogens with zero attached hydrogens (tertiary/aromatic N) is 1. The quantitative estimate of drug-likeness (QED) is 0.700. The third-order valence-corrected chi connectivity index (χ3v) is 7.69. The molecular formula is C22H23ClN2O4S. The van der Waals surface area contributed by atoms with E-state index in [1.807, 2.05) is 0 Å². The van der Waals surface area contributed by atoms with Crippen LogP contribution in [0, 0.1) is 18.8 Å². The predicted octanol–water partition coefficient (Wildman–Crippen LogP) is 4.12. The molecule has 2 aliphatic rings. The summed E-state index contributed by atoms with van der Waals surface area (Å²) < 4.78 is 28.4. The van der Waals surface area contributed by atoms with Crippen LogP contribution in [0.3, 0.4) is 0 Å². The lowest BCUT2D eigenvalue weighted by Gasteiger charge is -2.19. The lowest BCUT2D eigenvalue weighted by Crippen LogP contribution is -2.30. The van der Waals surface area contributed by atoms with E-state index in [2.05, 4.69) is 4.72 Å². The highest BCUT2D eigenvalue weighted by Crippen LogP contribution is 2.38. The van der Waals surface area contributed by atoms with E-state index in [-0.39, 0.29) is 35.1 Å². The highest BCUT2D eigenvalue weighted by Gasteiger charge is 2.47. The van der Waals surface area contributed by atoms with Gasteiger partial charge in [0.25, 0.3) is 10.0 Å². The van der Waals surface area contributed by atoms with Gasteiger partial charge in [-0.15, -0.1) is 0 Å². The SMILES string of the molecule is Cc1ccc(CN2C(=O)C3CCCCC3C2=O)cc1S(=O)(=O)Nc1ccc(Cl)cc1. The Morgan fingerprint density at radius 3 is 2.20 bits per heavy atom. The molecule has 0 aromatic heterocycles. The first-order valence-corrected chi connectivity index (χ1v) is 11.9. The predicted molar refractivity (Wildman–Crippen MR) is 114 cm³/mol. The normalized spacial score (nSPS) is 21.6. The molecule has 2 amide bonds. The number of imide groups is 1. The number of anilines is 1. The van der Waals surface area contributed by atoms with Crippen LogP contribution in [0.15, 0.2) is 47.4 Å². The Morgan fingerprint density at radius 2 is 1.60 bits per heavy atom. The maximum absolute atomic E-state index is 12.9. The Hall–Kier alpha value is -2.38. The van der Waals surface area contributed by atoms with Gasteiger partial charge in [-0.05, 0) is 61.2 Å². The summed E-state index contributed by atoms with van der Waals surface area (Å²) in [6.45, 7) is 1.80. The fraction of sp³-hybridized carbons (Fsp3) is 0.364. The highest BCUT2D eigenvalue weighted by atomic mass is 35.5. The van der Waals surface area contributed by atoms with Crippen LogP contribution in [0.1, 0.15) is 36.8 Å². The lowest BCUT2D eigenvalue weighted by molar-refractivity contribution is -0.140. The lowest BCUT2D eigenvalue weighted by atomic mass is 9.81. The van der Waals surface area contributed by atoms with Crippen molar-refractivity contribution in [3.05, 3.63) is 58.6 Å². The first-order chi connectivity index (χ1) is 14.3. The van der Waals surface area contributed by atoms with Crippen LogP contribution >= 0.6 is 11.6 Å². The average Bonchev–Trinajstić information content (AvgIpc) is 2.96. The van der Waals surface area contributed by atoms with Crippen molar-refractivity contribution >= 4 is 39.1 Å². The maximum atomic E-state index is 12.9. The van der Waals surface area contributed by atoms with E-state index in [1.54, 1.807) is 43.3 Å². The molecular weight excluding hydrogens is 424 g/mol. The minimum absolute atomic E-state index is 0.0917. The zero-order valence-electron chi connectivity index (χ0n) is 16.6. The second-order valence-electron chi connectivity index (χ2n) is 7.97. The van der Waals surface area contributed by atoms with E-state index in [0.717, 1.165) is 25.7 Å². The minimum Gasteiger partial charge on any atom is -0.280 e. The molecule has 1 aliphatic heterocycles. The van der Waals surface area contributed by atoms with E-state index in [4.69, 9.17) is 11.6 Å². The molecule has 158 valence electrons.